The minimum absolute atomic E-state index is 0.162. The maximum absolute atomic E-state index is 11.9. The summed E-state index contributed by atoms with van der Waals surface area (Å²) in [5.41, 5.74) is 5.26. The molecule has 1 aromatic heterocycles. The molecule has 0 aliphatic carbocycles. The minimum atomic E-state index is -0.162. The van der Waals surface area contributed by atoms with Crippen LogP contribution in [0.25, 0.3) is 21.7 Å². The number of thiazole rings is 1. The van der Waals surface area contributed by atoms with Crippen LogP contribution in [0.5, 0.6) is 0 Å². The molecule has 4 nitrogen and oxygen atoms in total. The number of rotatable bonds is 6. The topological polar surface area (TPSA) is 54.0 Å². The van der Waals surface area contributed by atoms with Crippen LogP contribution >= 0.6 is 11.3 Å². The molecule has 0 bridgehead atoms. The van der Waals surface area contributed by atoms with E-state index in [-0.39, 0.29) is 6.03 Å². The Balaban J connectivity index is 1.78. The number of aromatic nitrogens is 1. The van der Waals surface area contributed by atoms with Crippen LogP contribution < -0.4 is 10.6 Å². The summed E-state index contributed by atoms with van der Waals surface area (Å²) < 4.78 is 0. The summed E-state index contributed by atoms with van der Waals surface area (Å²) in [5.74, 6) is 0. The molecule has 0 spiro atoms. The standard InChI is InChI=1S/C22H25N3OS/c1-4-5-14-23-22(26)25-19-12-10-18(11-13-19)21-20(24-16(3)27-21)17-8-6-15(2)7-9-17/h6-13H,4-5,14H2,1-3H3,(H2,23,25,26). The zero-order valence-electron chi connectivity index (χ0n) is 16.0. The molecule has 0 radical (unpaired) electrons. The molecule has 0 saturated carbocycles. The average Bonchev–Trinajstić information content (AvgIpc) is 3.05. The van der Waals surface area contributed by atoms with Crippen molar-refractivity contribution in [3.8, 4) is 21.7 Å². The number of nitrogens with one attached hydrogen (secondary N) is 2. The van der Waals surface area contributed by atoms with Crippen LogP contribution in [-0.2, 0) is 0 Å². The van der Waals surface area contributed by atoms with Crippen molar-refractivity contribution in [2.45, 2.75) is 33.6 Å². The third-order valence-electron chi connectivity index (χ3n) is 4.28. The molecule has 3 rings (SSSR count). The van der Waals surface area contributed by atoms with Gasteiger partial charge in [-0.15, -0.1) is 11.3 Å². The number of benzene rings is 2. The van der Waals surface area contributed by atoms with Gasteiger partial charge in [0.15, 0.2) is 0 Å². The summed E-state index contributed by atoms with van der Waals surface area (Å²) in [6.07, 6.45) is 2.05. The average molecular weight is 380 g/mol. The fraction of sp³-hybridized carbons (Fsp3) is 0.273. The van der Waals surface area contributed by atoms with E-state index in [4.69, 9.17) is 4.98 Å². The fourth-order valence-electron chi connectivity index (χ4n) is 2.79. The lowest BCUT2D eigenvalue weighted by Gasteiger charge is -2.08. The Morgan fingerprint density at radius 2 is 1.67 bits per heavy atom. The maximum atomic E-state index is 11.9. The number of urea groups is 1. The Morgan fingerprint density at radius 3 is 2.33 bits per heavy atom. The van der Waals surface area contributed by atoms with Gasteiger partial charge in [-0.2, -0.15) is 0 Å². The monoisotopic (exact) mass is 379 g/mol. The summed E-state index contributed by atoms with van der Waals surface area (Å²) in [7, 11) is 0. The van der Waals surface area contributed by atoms with Crippen molar-refractivity contribution >= 4 is 23.1 Å². The van der Waals surface area contributed by atoms with Gasteiger partial charge in [-0.25, -0.2) is 9.78 Å². The van der Waals surface area contributed by atoms with Gasteiger partial charge in [0, 0.05) is 17.8 Å². The first-order valence-corrected chi connectivity index (χ1v) is 10.1. The van der Waals surface area contributed by atoms with E-state index >= 15 is 0 Å². The van der Waals surface area contributed by atoms with E-state index in [0.29, 0.717) is 6.54 Å². The van der Waals surface area contributed by atoms with Crippen molar-refractivity contribution in [1.29, 1.82) is 0 Å². The highest BCUT2D eigenvalue weighted by Gasteiger charge is 2.13. The van der Waals surface area contributed by atoms with Crippen molar-refractivity contribution in [3.05, 3.63) is 59.1 Å². The molecular formula is C22H25N3OS. The first-order chi connectivity index (χ1) is 13.1. The van der Waals surface area contributed by atoms with E-state index in [2.05, 4.69) is 48.7 Å². The molecular weight excluding hydrogens is 354 g/mol. The second-order valence-electron chi connectivity index (χ2n) is 6.59. The Hall–Kier alpha value is -2.66. The van der Waals surface area contributed by atoms with Gasteiger partial charge < -0.3 is 10.6 Å². The van der Waals surface area contributed by atoms with Crippen LogP contribution in [0.1, 0.15) is 30.3 Å². The van der Waals surface area contributed by atoms with Crippen molar-refractivity contribution in [2.24, 2.45) is 0 Å². The largest absolute Gasteiger partial charge is 0.338 e. The number of carbonyl (C=O) groups excluding carboxylic acids is 1. The van der Waals surface area contributed by atoms with Gasteiger partial charge in [0.05, 0.1) is 15.6 Å². The number of hydrogen-bond donors (Lipinski definition) is 2. The van der Waals surface area contributed by atoms with Gasteiger partial charge in [0.2, 0.25) is 0 Å². The van der Waals surface area contributed by atoms with E-state index in [1.807, 2.05) is 31.2 Å². The zero-order chi connectivity index (χ0) is 19.2. The summed E-state index contributed by atoms with van der Waals surface area (Å²) in [6.45, 7) is 6.91. The van der Waals surface area contributed by atoms with Gasteiger partial charge in [-0.3, -0.25) is 0 Å². The Morgan fingerprint density at radius 1 is 1.00 bits per heavy atom. The molecule has 2 aromatic carbocycles. The lowest BCUT2D eigenvalue weighted by atomic mass is 10.1. The highest BCUT2D eigenvalue weighted by molar-refractivity contribution is 7.15. The van der Waals surface area contributed by atoms with E-state index < -0.39 is 0 Å². The summed E-state index contributed by atoms with van der Waals surface area (Å²) in [4.78, 5) is 17.8. The number of hydrogen-bond acceptors (Lipinski definition) is 3. The molecule has 0 aliphatic rings. The third kappa shape index (κ3) is 4.95. The smallest absolute Gasteiger partial charge is 0.319 e. The number of anilines is 1. The molecule has 0 aliphatic heterocycles. The van der Waals surface area contributed by atoms with Crippen LogP contribution in [0, 0.1) is 13.8 Å². The van der Waals surface area contributed by atoms with Crippen molar-refractivity contribution in [1.82, 2.24) is 10.3 Å². The van der Waals surface area contributed by atoms with Gasteiger partial charge in [0.1, 0.15) is 0 Å². The van der Waals surface area contributed by atoms with E-state index in [1.54, 1.807) is 11.3 Å². The first kappa shape index (κ1) is 19.1. The zero-order valence-corrected chi connectivity index (χ0v) is 16.8. The van der Waals surface area contributed by atoms with E-state index in [9.17, 15) is 4.79 Å². The molecule has 2 amide bonds. The highest BCUT2D eigenvalue weighted by atomic mass is 32.1. The van der Waals surface area contributed by atoms with Crippen LogP contribution in [0.3, 0.4) is 0 Å². The lowest BCUT2D eigenvalue weighted by molar-refractivity contribution is 0.252. The van der Waals surface area contributed by atoms with Crippen molar-refractivity contribution in [2.75, 3.05) is 11.9 Å². The van der Waals surface area contributed by atoms with Crippen molar-refractivity contribution < 1.29 is 4.79 Å². The van der Waals surface area contributed by atoms with Gasteiger partial charge >= 0.3 is 6.03 Å². The van der Waals surface area contributed by atoms with Gasteiger partial charge in [-0.1, -0.05) is 55.3 Å². The number of nitrogens with zero attached hydrogens (tertiary/aromatic N) is 1. The van der Waals surface area contributed by atoms with E-state index in [1.165, 1.54) is 5.56 Å². The van der Waals surface area contributed by atoms with Gasteiger partial charge in [0.25, 0.3) is 0 Å². The molecule has 140 valence electrons. The minimum Gasteiger partial charge on any atom is -0.338 e. The summed E-state index contributed by atoms with van der Waals surface area (Å²) >= 11 is 1.69. The fourth-order valence-corrected chi connectivity index (χ4v) is 3.74. The predicted molar refractivity (Wildman–Crippen MR) is 114 cm³/mol. The normalized spacial score (nSPS) is 10.6. The second kappa shape index (κ2) is 8.82. The number of unbranched alkanes of at least 4 members (excludes halogenated alkanes) is 1. The molecule has 0 unspecified atom stereocenters. The number of amides is 2. The SMILES string of the molecule is CCCCNC(=O)Nc1ccc(-c2sc(C)nc2-c2ccc(C)cc2)cc1. The maximum Gasteiger partial charge on any atom is 0.319 e. The summed E-state index contributed by atoms with van der Waals surface area (Å²) in [6, 6.07) is 16.2. The van der Waals surface area contributed by atoms with E-state index in [0.717, 1.165) is 45.2 Å². The molecule has 27 heavy (non-hydrogen) atoms. The number of carbonyl (C=O) groups is 1. The lowest BCUT2D eigenvalue weighted by Crippen LogP contribution is -2.29. The van der Waals surface area contributed by atoms with Crippen molar-refractivity contribution in [3.63, 3.8) is 0 Å². The Kier molecular flexibility index (Phi) is 6.24. The molecule has 0 atom stereocenters. The third-order valence-corrected chi connectivity index (χ3v) is 5.30. The second-order valence-corrected chi connectivity index (χ2v) is 7.79. The first-order valence-electron chi connectivity index (χ1n) is 9.26. The van der Waals surface area contributed by atoms with Gasteiger partial charge in [-0.05, 0) is 38.0 Å². The Labute approximate surface area is 164 Å². The Bertz CT molecular complexity index is 898. The molecule has 0 saturated heterocycles. The van der Waals surface area contributed by atoms with Crippen LogP contribution in [0.15, 0.2) is 48.5 Å². The predicted octanol–water partition coefficient (Wildman–Crippen LogP) is 6.02. The van der Waals surface area contributed by atoms with Crippen LogP contribution in [0.2, 0.25) is 0 Å². The highest BCUT2D eigenvalue weighted by Crippen LogP contribution is 2.37. The number of aryl methyl sites for hydroxylation is 2. The van der Waals surface area contributed by atoms with Crippen LogP contribution in [0.4, 0.5) is 10.5 Å². The molecule has 5 heteroatoms. The molecule has 0 fully saturated rings. The molecule has 2 N–H and O–H groups in total. The van der Waals surface area contributed by atoms with Crippen LogP contribution in [-0.4, -0.2) is 17.6 Å². The summed E-state index contributed by atoms with van der Waals surface area (Å²) in [5, 5.41) is 6.77. The quantitative estimate of drug-likeness (QED) is 0.515. The molecule has 1 heterocycles. The molecule has 3 aromatic rings.